The summed E-state index contributed by atoms with van der Waals surface area (Å²) in [6.45, 7) is 1.13. The number of hydrogen-bond donors (Lipinski definition) is 1. The molecule has 0 amide bonds. The standard InChI is InChI=1S/C13H15N3S/c1-2-11(15-5-1)12-9-17-13(16-12)8-10-3-6-14-7-4-10/h3-4,6-7,9,11,15H,1-2,5,8H2. The quantitative estimate of drug-likeness (QED) is 0.903. The van der Waals surface area contributed by atoms with Gasteiger partial charge in [0, 0.05) is 24.2 Å². The van der Waals surface area contributed by atoms with Crippen LogP contribution < -0.4 is 5.32 Å². The van der Waals surface area contributed by atoms with Crippen molar-refractivity contribution in [3.63, 3.8) is 0 Å². The first-order valence-electron chi connectivity index (χ1n) is 5.98. The second-order valence-corrected chi connectivity index (χ2v) is 5.29. The third kappa shape index (κ3) is 2.53. The minimum Gasteiger partial charge on any atom is -0.309 e. The molecule has 3 rings (SSSR count). The molecule has 1 fully saturated rings. The van der Waals surface area contributed by atoms with Crippen molar-refractivity contribution in [2.24, 2.45) is 0 Å². The Morgan fingerprint density at radius 3 is 3.00 bits per heavy atom. The fourth-order valence-corrected chi connectivity index (χ4v) is 3.06. The molecular formula is C13H15N3S. The lowest BCUT2D eigenvalue weighted by atomic mass is 10.2. The summed E-state index contributed by atoms with van der Waals surface area (Å²) in [7, 11) is 0. The number of nitrogens with one attached hydrogen (secondary N) is 1. The van der Waals surface area contributed by atoms with Gasteiger partial charge in [0.05, 0.1) is 16.7 Å². The van der Waals surface area contributed by atoms with Crippen LogP contribution in [0.3, 0.4) is 0 Å². The molecule has 1 atom stereocenters. The Balaban J connectivity index is 1.72. The first-order valence-corrected chi connectivity index (χ1v) is 6.86. The molecule has 2 aromatic heterocycles. The van der Waals surface area contributed by atoms with Crippen LogP contribution in [0.2, 0.25) is 0 Å². The highest BCUT2D eigenvalue weighted by Gasteiger charge is 2.18. The van der Waals surface area contributed by atoms with Gasteiger partial charge < -0.3 is 5.32 Å². The van der Waals surface area contributed by atoms with Crippen LogP contribution in [-0.2, 0) is 6.42 Å². The van der Waals surface area contributed by atoms with Crippen molar-refractivity contribution in [1.82, 2.24) is 15.3 Å². The minimum absolute atomic E-state index is 0.484. The van der Waals surface area contributed by atoms with E-state index in [9.17, 15) is 0 Å². The van der Waals surface area contributed by atoms with Gasteiger partial charge in [0.15, 0.2) is 0 Å². The molecule has 1 aliphatic heterocycles. The van der Waals surface area contributed by atoms with Gasteiger partial charge in [0.25, 0.3) is 0 Å². The van der Waals surface area contributed by atoms with Crippen LogP contribution in [0.4, 0.5) is 0 Å². The molecule has 0 saturated carbocycles. The Kier molecular flexibility index (Phi) is 3.16. The molecule has 4 heteroatoms. The molecule has 2 aromatic rings. The Hall–Kier alpha value is -1.26. The van der Waals surface area contributed by atoms with E-state index in [1.54, 1.807) is 11.3 Å². The van der Waals surface area contributed by atoms with Gasteiger partial charge in [-0.25, -0.2) is 4.98 Å². The van der Waals surface area contributed by atoms with Gasteiger partial charge in [-0.15, -0.1) is 11.3 Å². The lowest BCUT2D eigenvalue weighted by molar-refractivity contribution is 0.630. The van der Waals surface area contributed by atoms with Gasteiger partial charge in [-0.2, -0.15) is 0 Å². The molecule has 0 spiro atoms. The second kappa shape index (κ2) is 4.94. The number of pyridine rings is 1. The monoisotopic (exact) mass is 245 g/mol. The zero-order valence-corrected chi connectivity index (χ0v) is 10.4. The Morgan fingerprint density at radius 1 is 1.35 bits per heavy atom. The number of thiazole rings is 1. The van der Waals surface area contributed by atoms with Gasteiger partial charge in [-0.1, -0.05) is 0 Å². The fraction of sp³-hybridized carbons (Fsp3) is 0.385. The minimum atomic E-state index is 0.484. The lowest BCUT2D eigenvalue weighted by Crippen LogP contribution is -2.13. The molecule has 0 radical (unpaired) electrons. The summed E-state index contributed by atoms with van der Waals surface area (Å²) in [6.07, 6.45) is 7.07. The van der Waals surface area contributed by atoms with Crippen molar-refractivity contribution >= 4 is 11.3 Å². The van der Waals surface area contributed by atoms with Gasteiger partial charge in [0.1, 0.15) is 0 Å². The van der Waals surface area contributed by atoms with E-state index in [0.29, 0.717) is 6.04 Å². The number of rotatable bonds is 3. The van der Waals surface area contributed by atoms with Crippen LogP contribution in [0.1, 0.15) is 35.1 Å². The van der Waals surface area contributed by atoms with E-state index in [1.165, 1.54) is 29.1 Å². The molecule has 17 heavy (non-hydrogen) atoms. The molecule has 3 heterocycles. The highest BCUT2D eigenvalue weighted by atomic mass is 32.1. The second-order valence-electron chi connectivity index (χ2n) is 4.35. The largest absolute Gasteiger partial charge is 0.309 e. The Morgan fingerprint density at radius 2 is 2.24 bits per heavy atom. The fourth-order valence-electron chi connectivity index (χ4n) is 2.18. The number of aromatic nitrogens is 2. The predicted molar refractivity (Wildman–Crippen MR) is 69.1 cm³/mol. The molecule has 88 valence electrons. The van der Waals surface area contributed by atoms with Crippen LogP contribution in [-0.4, -0.2) is 16.5 Å². The van der Waals surface area contributed by atoms with Crippen molar-refractivity contribution in [3.8, 4) is 0 Å². The van der Waals surface area contributed by atoms with E-state index in [1.807, 2.05) is 12.4 Å². The van der Waals surface area contributed by atoms with Gasteiger partial charge in [-0.3, -0.25) is 4.98 Å². The van der Waals surface area contributed by atoms with Crippen LogP contribution in [0.15, 0.2) is 29.9 Å². The third-order valence-corrected chi connectivity index (χ3v) is 3.96. The van der Waals surface area contributed by atoms with Gasteiger partial charge in [-0.05, 0) is 37.1 Å². The van der Waals surface area contributed by atoms with E-state index >= 15 is 0 Å². The highest BCUT2D eigenvalue weighted by molar-refractivity contribution is 7.09. The zero-order valence-electron chi connectivity index (χ0n) is 9.60. The van der Waals surface area contributed by atoms with Crippen molar-refractivity contribution in [2.75, 3.05) is 6.54 Å². The van der Waals surface area contributed by atoms with Crippen LogP contribution in [0.5, 0.6) is 0 Å². The van der Waals surface area contributed by atoms with Crippen molar-refractivity contribution in [1.29, 1.82) is 0 Å². The summed E-state index contributed by atoms with van der Waals surface area (Å²) >= 11 is 1.76. The SMILES string of the molecule is c1cc(Cc2nc(C3CCCN3)cs2)ccn1. The van der Waals surface area contributed by atoms with Crippen LogP contribution in [0.25, 0.3) is 0 Å². The molecule has 1 N–H and O–H groups in total. The molecule has 1 saturated heterocycles. The van der Waals surface area contributed by atoms with E-state index < -0.39 is 0 Å². The van der Waals surface area contributed by atoms with Gasteiger partial charge in [0.2, 0.25) is 0 Å². The van der Waals surface area contributed by atoms with E-state index in [-0.39, 0.29) is 0 Å². The molecule has 3 nitrogen and oxygen atoms in total. The van der Waals surface area contributed by atoms with Crippen LogP contribution in [0, 0.1) is 0 Å². The molecule has 0 bridgehead atoms. The van der Waals surface area contributed by atoms with E-state index in [0.717, 1.165) is 13.0 Å². The molecule has 1 aliphatic rings. The first-order chi connectivity index (χ1) is 8.42. The van der Waals surface area contributed by atoms with Crippen LogP contribution >= 0.6 is 11.3 Å². The van der Waals surface area contributed by atoms with Crippen molar-refractivity contribution in [2.45, 2.75) is 25.3 Å². The predicted octanol–water partition coefficient (Wildman–Crippen LogP) is 2.55. The normalized spacial score (nSPS) is 19.6. The first kappa shape index (κ1) is 10.9. The maximum atomic E-state index is 4.72. The molecule has 1 unspecified atom stereocenters. The summed E-state index contributed by atoms with van der Waals surface area (Å²) in [5, 5.41) is 6.87. The highest BCUT2D eigenvalue weighted by Crippen LogP contribution is 2.25. The van der Waals surface area contributed by atoms with Crippen molar-refractivity contribution < 1.29 is 0 Å². The Bertz CT molecular complexity index is 474. The number of nitrogens with zero attached hydrogens (tertiary/aromatic N) is 2. The lowest BCUT2D eigenvalue weighted by Gasteiger charge is -2.04. The summed E-state index contributed by atoms with van der Waals surface area (Å²) < 4.78 is 0. The smallest absolute Gasteiger partial charge is 0.0972 e. The molecule has 0 aromatic carbocycles. The topological polar surface area (TPSA) is 37.8 Å². The summed E-state index contributed by atoms with van der Waals surface area (Å²) in [6, 6.07) is 4.58. The molecular weight excluding hydrogens is 230 g/mol. The average molecular weight is 245 g/mol. The maximum absolute atomic E-state index is 4.72. The summed E-state index contributed by atoms with van der Waals surface area (Å²) in [5.41, 5.74) is 2.50. The van der Waals surface area contributed by atoms with E-state index in [4.69, 9.17) is 4.98 Å². The third-order valence-electron chi connectivity index (χ3n) is 3.09. The zero-order chi connectivity index (χ0) is 11.5. The van der Waals surface area contributed by atoms with E-state index in [2.05, 4.69) is 27.8 Å². The van der Waals surface area contributed by atoms with Gasteiger partial charge >= 0.3 is 0 Å². The molecule has 0 aliphatic carbocycles. The number of hydrogen-bond acceptors (Lipinski definition) is 4. The average Bonchev–Trinajstić information content (AvgIpc) is 3.00. The summed E-state index contributed by atoms with van der Waals surface area (Å²) in [5.74, 6) is 0. The van der Waals surface area contributed by atoms with Crippen molar-refractivity contribution in [3.05, 3.63) is 46.2 Å². The summed E-state index contributed by atoms with van der Waals surface area (Å²) in [4.78, 5) is 8.75. The Labute approximate surface area is 105 Å². The maximum Gasteiger partial charge on any atom is 0.0972 e.